The zero-order valence-corrected chi connectivity index (χ0v) is 13.0. The highest BCUT2D eigenvalue weighted by Gasteiger charge is 2.04. The first-order valence-corrected chi connectivity index (χ1v) is 7.96. The highest BCUT2D eigenvalue weighted by atomic mass is 32.2. The molecule has 112 valence electrons. The van der Waals surface area contributed by atoms with Gasteiger partial charge in [0.25, 0.3) is 5.91 Å². The summed E-state index contributed by atoms with van der Waals surface area (Å²) in [6, 6.07) is 16.9. The monoisotopic (exact) mass is 312 g/mol. The van der Waals surface area contributed by atoms with E-state index in [1.165, 1.54) is 0 Å². The van der Waals surface area contributed by atoms with Gasteiger partial charge in [0.15, 0.2) is 6.61 Å². The molecule has 0 heterocycles. The number of hydrogen-bond donors (Lipinski definition) is 1. The topological polar surface area (TPSA) is 62.1 Å². The fourth-order valence-electron chi connectivity index (χ4n) is 1.84. The van der Waals surface area contributed by atoms with E-state index in [0.717, 1.165) is 16.1 Å². The fourth-order valence-corrected chi connectivity index (χ4v) is 2.30. The summed E-state index contributed by atoms with van der Waals surface area (Å²) >= 11 is 1.62. The molecule has 0 aliphatic carbocycles. The Hall–Kier alpha value is -2.45. The van der Waals surface area contributed by atoms with Crippen LogP contribution in [0.1, 0.15) is 5.56 Å². The number of anilines is 1. The second-order valence-corrected chi connectivity index (χ2v) is 5.43. The number of hydrogen-bond acceptors (Lipinski definition) is 4. The van der Waals surface area contributed by atoms with Crippen molar-refractivity contribution in [3.63, 3.8) is 0 Å². The van der Waals surface area contributed by atoms with Crippen molar-refractivity contribution >= 4 is 23.4 Å². The van der Waals surface area contributed by atoms with E-state index in [-0.39, 0.29) is 12.5 Å². The molecule has 2 rings (SSSR count). The maximum absolute atomic E-state index is 11.9. The average molecular weight is 312 g/mol. The third-order valence-electron chi connectivity index (χ3n) is 2.93. The molecule has 0 spiro atoms. The van der Waals surface area contributed by atoms with Crippen molar-refractivity contribution in [1.82, 2.24) is 0 Å². The molecule has 0 radical (unpaired) electrons. The normalized spacial score (nSPS) is 9.82. The number of nitrogens with zero attached hydrogens (tertiary/aromatic N) is 1. The molecule has 2 aromatic carbocycles. The Labute approximate surface area is 134 Å². The van der Waals surface area contributed by atoms with Crippen molar-refractivity contribution in [1.29, 1.82) is 5.26 Å². The van der Waals surface area contributed by atoms with Crippen LogP contribution in [0.25, 0.3) is 0 Å². The highest BCUT2D eigenvalue weighted by Crippen LogP contribution is 2.19. The summed E-state index contributed by atoms with van der Waals surface area (Å²) in [6.45, 7) is -0.0545. The van der Waals surface area contributed by atoms with Crippen LogP contribution in [0.2, 0.25) is 0 Å². The number of nitrogens with one attached hydrogen (secondary N) is 1. The van der Waals surface area contributed by atoms with Gasteiger partial charge in [-0.3, -0.25) is 4.79 Å². The number of rotatable bonds is 6. The fraction of sp³-hybridized carbons (Fsp3) is 0.176. The lowest BCUT2D eigenvalue weighted by atomic mass is 10.2. The molecule has 0 aliphatic heterocycles. The van der Waals surface area contributed by atoms with Crippen LogP contribution in [0, 0.1) is 11.3 Å². The van der Waals surface area contributed by atoms with E-state index >= 15 is 0 Å². The SMILES string of the molecule is CSc1cccc(NC(=O)COc2ccc(CC#N)cc2)c1. The number of thioether (sulfide) groups is 1. The lowest BCUT2D eigenvalue weighted by Gasteiger charge is -2.08. The van der Waals surface area contributed by atoms with E-state index < -0.39 is 0 Å². The second kappa shape index (κ2) is 8.11. The van der Waals surface area contributed by atoms with Crippen molar-refractivity contribution < 1.29 is 9.53 Å². The Bertz CT molecular complexity index is 678. The van der Waals surface area contributed by atoms with Gasteiger partial charge in [-0.25, -0.2) is 0 Å². The summed E-state index contributed by atoms with van der Waals surface area (Å²) in [5.41, 5.74) is 1.68. The second-order valence-electron chi connectivity index (χ2n) is 4.55. The first-order chi connectivity index (χ1) is 10.7. The van der Waals surface area contributed by atoms with Gasteiger partial charge in [0, 0.05) is 10.6 Å². The van der Waals surface area contributed by atoms with Gasteiger partial charge in [0.2, 0.25) is 0 Å². The number of carbonyl (C=O) groups excluding carboxylic acids is 1. The number of amides is 1. The van der Waals surface area contributed by atoms with Gasteiger partial charge in [-0.15, -0.1) is 11.8 Å². The van der Waals surface area contributed by atoms with Crippen molar-refractivity contribution in [3.8, 4) is 11.8 Å². The van der Waals surface area contributed by atoms with E-state index in [2.05, 4.69) is 11.4 Å². The molecular formula is C17H16N2O2S. The molecule has 0 unspecified atom stereocenters. The smallest absolute Gasteiger partial charge is 0.262 e. The molecule has 0 fully saturated rings. The van der Waals surface area contributed by atoms with E-state index in [4.69, 9.17) is 10.00 Å². The first kappa shape index (κ1) is 15.9. The van der Waals surface area contributed by atoms with Crippen LogP contribution < -0.4 is 10.1 Å². The van der Waals surface area contributed by atoms with E-state index in [1.807, 2.05) is 42.7 Å². The Balaban J connectivity index is 1.85. The predicted molar refractivity (Wildman–Crippen MR) is 88.1 cm³/mol. The van der Waals surface area contributed by atoms with Gasteiger partial charge in [0.05, 0.1) is 12.5 Å². The minimum atomic E-state index is -0.209. The Morgan fingerprint density at radius 2 is 2.05 bits per heavy atom. The molecule has 1 amide bonds. The Morgan fingerprint density at radius 3 is 2.73 bits per heavy atom. The van der Waals surface area contributed by atoms with Crippen LogP contribution in [-0.4, -0.2) is 18.8 Å². The minimum absolute atomic E-state index is 0.0545. The van der Waals surface area contributed by atoms with E-state index in [1.54, 1.807) is 23.9 Å². The Kier molecular flexibility index (Phi) is 5.87. The van der Waals surface area contributed by atoms with Crippen molar-refractivity contribution in [2.24, 2.45) is 0 Å². The van der Waals surface area contributed by atoms with Gasteiger partial charge < -0.3 is 10.1 Å². The third kappa shape index (κ3) is 4.83. The van der Waals surface area contributed by atoms with Crippen LogP contribution in [0.15, 0.2) is 53.4 Å². The molecule has 0 aromatic heterocycles. The summed E-state index contributed by atoms with van der Waals surface area (Å²) < 4.78 is 5.43. The van der Waals surface area contributed by atoms with Crippen LogP contribution in [0.4, 0.5) is 5.69 Å². The summed E-state index contributed by atoms with van der Waals surface area (Å²) in [6.07, 6.45) is 2.35. The molecule has 22 heavy (non-hydrogen) atoms. The van der Waals surface area contributed by atoms with Gasteiger partial charge in [-0.2, -0.15) is 5.26 Å². The summed E-state index contributed by atoms with van der Waals surface area (Å²) in [5.74, 6) is 0.397. The quantitative estimate of drug-likeness (QED) is 0.829. The number of benzene rings is 2. The summed E-state index contributed by atoms with van der Waals surface area (Å²) in [5, 5.41) is 11.4. The molecule has 2 aromatic rings. The van der Waals surface area contributed by atoms with Crippen LogP contribution in [0.3, 0.4) is 0 Å². The largest absolute Gasteiger partial charge is 0.484 e. The number of nitriles is 1. The standard InChI is InChI=1S/C17H16N2O2S/c1-22-16-4-2-3-14(11-16)19-17(20)12-21-15-7-5-13(6-8-15)9-10-18/h2-8,11H,9,12H2,1H3,(H,19,20). The molecule has 0 saturated heterocycles. The molecule has 0 atom stereocenters. The maximum Gasteiger partial charge on any atom is 0.262 e. The van der Waals surface area contributed by atoms with Crippen LogP contribution >= 0.6 is 11.8 Å². The van der Waals surface area contributed by atoms with Crippen molar-refractivity contribution in [3.05, 3.63) is 54.1 Å². The molecule has 0 aliphatic rings. The zero-order chi connectivity index (χ0) is 15.8. The molecule has 1 N–H and O–H groups in total. The maximum atomic E-state index is 11.9. The lowest BCUT2D eigenvalue weighted by molar-refractivity contribution is -0.118. The van der Waals surface area contributed by atoms with Crippen LogP contribution in [0.5, 0.6) is 5.75 Å². The van der Waals surface area contributed by atoms with Gasteiger partial charge >= 0.3 is 0 Å². The summed E-state index contributed by atoms with van der Waals surface area (Å²) in [7, 11) is 0. The zero-order valence-electron chi connectivity index (χ0n) is 12.2. The molecule has 0 saturated carbocycles. The first-order valence-electron chi connectivity index (χ1n) is 6.74. The highest BCUT2D eigenvalue weighted by molar-refractivity contribution is 7.98. The molecule has 5 heteroatoms. The lowest BCUT2D eigenvalue weighted by Crippen LogP contribution is -2.20. The third-order valence-corrected chi connectivity index (χ3v) is 3.66. The van der Waals surface area contributed by atoms with Crippen LogP contribution in [-0.2, 0) is 11.2 Å². The molecule has 0 bridgehead atoms. The van der Waals surface area contributed by atoms with Crippen molar-refractivity contribution in [2.45, 2.75) is 11.3 Å². The van der Waals surface area contributed by atoms with Gasteiger partial charge in [-0.05, 0) is 42.2 Å². The van der Waals surface area contributed by atoms with Gasteiger partial charge in [0.1, 0.15) is 5.75 Å². The average Bonchev–Trinajstić information content (AvgIpc) is 2.55. The van der Waals surface area contributed by atoms with Crippen molar-refractivity contribution in [2.75, 3.05) is 18.2 Å². The van der Waals surface area contributed by atoms with E-state index in [0.29, 0.717) is 12.2 Å². The van der Waals surface area contributed by atoms with E-state index in [9.17, 15) is 4.79 Å². The number of ether oxygens (including phenoxy) is 1. The minimum Gasteiger partial charge on any atom is -0.484 e. The molecule has 4 nitrogen and oxygen atoms in total. The predicted octanol–water partition coefficient (Wildman–Crippen LogP) is 3.49. The number of carbonyl (C=O) groups is 1. The van der Waals surface area contributed by atoms with Gasteiger partial charge in [-0.1, -0.05) is 18.2 Å². The Morgan fingerprint density at radius 1 is 1.27 bits per heavy atom. The molecular weight excluding hydrogens is 296 g/mol. The summed E-state index contributed by atoms with van der Waals surface area (Å²) in [4.78, 5) is 13.0.